The maximum Gasteiger partial charge on any atom is 0.276 e. The molecule has 2 aromatic rings. The summed E-state index contributed by atoms with van der Waals surface area (Å²) in [6.07, 6.45) is 0.480. The lowest BCUT2D eigenvalue weighted by Crippen LogP contribution is -2.48. The van der Waals surface area contributed by atoms with Crippen LogP contribution in [-0.4, -0.2) is 25.0 Å². The first-order valence-electron chi connectivity index (χ1n) is 7.90. The van der Waals surface area contributed by atoms with Crippen LogP contribution in [0.3, 0.4) is 0 Å². The van der Waals surface area contributed by atoms with E-state index in [1.165, 1.54) is 0 Å². The van der Waals surface area contributed by atoms with Crippen LogP contribution >= 0.6 is 23.2 Å². The molecule has 8 heteroatoms. The Morgan fingerprint density at radius 1 is 1.15 bits per heavy atom. The molecule has 0 saturated carbocycles. The van der Waals surface area contributed by atoms with E-state index < -0.39 is 11.8 Å². The molecule has 1 atom stereocenters. The van der Waals surface area contributed by atoms with Gasteiger partial charge in [0, 0.05) is 5.02 Å². The molecule has 0 unspecified atom stereocenters. The molecule has 6 nitrogen and oxygen atoms in total. The van der Waals surface area contributed by atoms with E-state index >= 15 is 0 Å². The Morgan fingerprint density at radius 3 is 2.77 bits per heavy atom. The minimum atomic E-state index is -0.501. The zero-order chi connectivity index (χ0) is 18.5. The highest BCUT2D eigenvalue weighted by atomic mass is 35.5. The smallest absolute Gasteiger partial charge is 0.276 e. The van der Waals surface area contributed by atoms with Crippen LogP contribution in [0.2, 0.25) is 10.0 Å². The maximum absolute atomic E-state index is 12.2. The molecule has 0 radical (unpaired) electrons. The van der Waals surface area contributed by atoms with Gasteiger partial charge in [0.05, 0.1) is 10.9 Å². The number of halogens is 2. The van der Waals surface area contributed by atoms with Crippen LogP contribution in [0.1, 0.15) is 5.56 Å². The van der Waals surface area contributed by atoms with Crippen molar-refractivity contribution in [2.45, 2.75) is 6.42 Å². The normalized spacial score (nSPS) is 15.4. The fraction of sp³-hybridized carbons (Fsp3) is 0.222. The van der Waals surface area contributed by atoms with E-state index in [0.717, 1.165) is 11.3 Å². The summed E-state index contributed by atoms with van der Waals surface area (Å²) in [4.78, 5) is 24.0. The Kier molecular flexibility index (Phi) is 5.85. The number of carbonyl (C=O) groups is 2. The van der Waals surface area contributed by atoms with Crippen molar-refractivity contribution in [3.05, 3.63) is 58.1 Å². The summed E-state index contributed by atoms with van der Waals surface area (Å²) in [6, 6.07) is 12.1. The third kappa shape index (κ3) is 4.59. The van der Waals surface area contributed by atoms with Crippen molar-refractivity contribution in [3.63, 3.8) is 0 Å². The van der Waals surface area contributed by atoms with Gasteiger partial charge in [-0.3, -0.25) is 20.4 Å². The van der Waals surface area contributed by atoms with Gasteiger partial charge >= 0.3 is 0 Å². The maximum atomic E-state index is 12.2. The lowest BCUT2D eigenvalue weighted by Gasteiger charge is -2.24. The number of benzene rings is 2. The quantitative estimate of drug-likeness (QED) is 0.781. The zero-order valence-electron chi connectivity index (χ0n) is 13.6. The van der Waals surface area contributed by atoms with Gasteiger partial charge in [-0.05, 0) is 42.3 Å². The Hall–Kier alpha value is -2.44. The molecule has 0 spiro atoms. The molecule has 2 aromatic carbocycles. The summed E-state index contributed by atoms with van der Waals surface area (Å²) in [6.45, 7) is -0.0456. The number of carbonyl (C=O) groups excluding carboxylic acids is 2. The highest BCUT2D eigenvalue weighted by Crippen LogP contribution is 2.29. The summed E-state index contributed by atoms with van der Waals surface area (Å²) in [5.74, 6) is -0.161. The van der Waals surface area contributed by atoms with E-state index in [9.17, 15) is 9.59 Å². The third-order valence-electron chi connectivity index (χ3n) is 3.82. The minimum absolute atomic E-state index is 0.229. The molecule has 1 aliphatic rings. The molecular formula is C18H16Cl2N2O4. The molecule has 0 fully saturated rings. The van der Waals surface area contributed by atoms with E-state index in [0.29, 0.717) is 22.2 Å². The van der Waals surface area contributed by atoms with Crippen LogP contribution in [0.15, 0.2) is 42.5 Å². The number of hydrogen-bond acceptors (Lipinski definition) is 4. The summed E-state index contributed by atoms with van der Waals surface area (Å²) < 4.78 is 10.9. The van der Waals surface area contributed by atoms with Crippen LogP contribution in [-0.2, 0) is 16.0 Å². The summed E-state index contributed by atoms with van der Waals surface area (Å²) >= 11 is 11.9. The Bertz CT molecular complexity index is 829. The van der Waals surface area contributed by atoms with E-state index in [4.69, 9.17) is 32.7 Å². The number of rotatable bonds is 4. The number of hydrogen-bond donors (Lipinski definition) is 2. The third-order valence-corrected chi connectivity index (χ3v) is 4.37. The zero-order valence-corrected chi connectivity index (χ0v) is 15.1. The summed E-state index contributed by atoms with van der Waals surface area (Å²) in [7, 11) is 0. The van der Waals surface area contributed by atoms with Crippen molar-refractivity contribution >= 4 is 35.0 Å². The van der Waals surface area contributed by atoms with Gasteiger partial charge in [-0.1, -0.05) is 35.3 Å². The standard InChI is InChI=1S/C18H16Cl2N2O4/c19-13-5-6-15-11(8-13)7-12(9-25-15)18(24)22-21-17(23)10-26-16-4-2-1-3-14(16)20/h1-6,8,12H,7,9-10H2,(H,21,23)(H,22,24)/t12-/m1/s1. The second-order valence-corrected chi connectivity index (χ2v) is 6.56. The Morgan fingerprint density at radius 2 is 1.96 bits per heavy atom. The largest absolute Gasteiger partial charge is 0.492 e. The Balaban J connectivity index is 1.47. The van der Waals surface area contributed by atoms with Crippen molar-refractivity contribution < 1.29 is 19.1 Å². The molecule has 3 rings (SSSR count). The van der Waals surface area contributed by atoms with E-state index in [1.807, 2.05) is 0 Å². The Labute approximate surface area is 160 Å². The van der Waals surface area contributed by atoms with Gasteiger partial charge in [0.25, 0.3) is 5.91 Å². The number of hydrazine groups is 1. The summed E-state index contributed by atoms with van der Waals surface area (Å²) in [5, 5.41) is 0.986. The molecule has 0 aromatic heterocycles. The lowest BCUT2D eigenvalue weighted by atomic mass is 9.96. The second-order valence-electron chi connectivity index (χ2n) is 5.72. The number of amides is 2. The average molecular weight is 395 g/mol. The molecule has 0 bridgehead atoms. The second kappa shape index (κ2) is 8.29. The van der Waals surface area contributed by atoms with Crippen LogP contribution in [0.25, 0.3) is 0 Å². The fourth-order valence-electron chi connectivity index (χ4n) is 2.51. The molecule has 26 heavy (non-hydrogen) atoms. The van der Waals surface area contributed by atoms with Crippen molar-refractivity contribution in [1.82, 2.24) is 10.9 Å². The molecule has 136 valence electrons. The van der Waals surface area contributed by atoms with E-state index in [1.54, 1.807) is 42.5 Å². The molecule has 1 heterocycles. The molecule has 2 N–H and O–H groups in total. The molecule has 1 aliphatic heterocycles. The van der Waals surface area contributed by atoms with Crippen molar-refractivity contribution in [2.24, 2.45) is 5.92 Å². The van der Waals surface area contributed by atoms with Crippen LogP contribution in [0, 0.1) is 5.92 Å². The predicted octanol–water partition coefficient (Wildman–Crippen LogP) is 2.77. The van der Waals surface area contributed by atoms with Gasteiger partial charge in [0.2, 0.25) is 5.91 Å². The van der Waals surface area contributed by atoms with Gasteiger partial charge in [0.1, 0.15) is 18.1 Å². The van der Waals surface area contributed by atoms with E-state index in [2.05, 4.69) is 10.9 Å². The van der Waals surface area contributed by atoms with Gasteiger partial charge < -0.3 is 9.47 Å². The highest BCUT2D eigenvalue weighted by Gasteiger charge is 2.26. The first-order valence-corrected chi connectivity index (χ1v) is 8.66. The molecule has 2 amide bonds. The number of fused-ring (bicyclic) bond motifs is 1. The molecule has 0 saturated heterocycles. The topological polar surface area (TPSA) is 76.7 Å². The molecular weight excluding hydrogens is 379 g/mol. The highest BCUT2D eigenvalue weighted by molar-refractivity contribution is 6.32. The monoisotopic (exact) mass is 394 g/mol. The van der Waals surface area contributed by atoms with Crippen molar-refractivity contribution in [1.29, 1.82) is 0 Å². The first-order chi connectivity index (χ1) is 12.5. The van der Waals surface area contributed by atoms with Gasteiger partial charge in [-0.2, -0.15) is 0 Å². The number of nitrogens with one attached hydrogen (secondary N) is 2. The average Bonchev–Trinajstić information content (AvgIpc) is 2.64. The number of ether oxygens (including phenoxy) is 2. The first kappa shape index (κ1) is 18.4. The fourth-order valence-corrected chi connectivity index (χ4v) is 2.89. The van der Waals surface area contributed by atoms with Crippen LogP contribution < -0.4 is 20.3 Å². The van der Waals surface area contributed by atoms with Gasteiger partial charge in [-0.15, -0.1) is 0 Å². The lowest BCUT2D eigenvalue weighted by molar-refractivity contribution is -0.132. The minimum Gasteiger partial charge on any atom is -0.492 e. The van der Waals surface area contributed by atoms with Gasteiger partial charge in [-0.25, -0.2) is 0 Å². The SMILES string of the molecule is O=C(COc1ccccc1Cl)NNC(=O)[C@H]1COc2ccc(Cl)cc2C1. The predicted molar refractivity (Wildman–Crippen MR) is 97.4 cm³/mol. The molecule has 0 aliphatic carbocycles. The van der Waals surface area contributed by atoms with Crippen LogP contribution in [0.5, 0.6) is 11.5 Å². The van der Waals surface area contributed by atoms with Crippen molar-refractivity contribution in [3.8, 4) is 11.5 Å². The van der Waals surface area contributed by atoms with E-state index in [-0.39, 0.29) is 19.1 Å². The number of para-hydroxylation sites is 1. The summed E-state index contributed by atoms with van der Waals surface area (Å²) in [5.41, 5.74) is 5.56. The van der Waals surface area contributed by atoms with Crippen LogP contribution in [0.4, 0.5) is 0 Å². The van der Waals surface area contributed by atoms with Gasteiger partial charge in [0.15, 0.2) is 6.61 Å². The van der Waals surface area contributed by atoms with Crippen molar-refractivity contribution in [2.75, 3.05) is 13.2 Å².